The van der Waals surface area contributed by atoms with Crippen LogP contribution in [0.4, 0.5) is 17.3 Å². The maximum absolute atomic E-state index is 12.3. The van der Waals surface area contributed by atoms with E-state index in [2.05, 4.69) is 14.9 Å². The second-order valence-corrected chi connectivity index (χ2v) is 7.50. The van der Waals surface area contributed by atoms with E-state index in [0.29, 0.717) is 0 Å². The van der Waals surface area contributed by atoms with Crippen LogP contribution in [-0.2, 0) is 22.6 Å². The summed E-state index contributed by atoms with van der Waals surface area (Å²) in [4.78, 5) is 35.5. The van der Waals surface area contributed by atoms with E-state index in [1.54, 1.807) is 18.7 Å². The third-order valence-corrected chi connectivity index (χ3v) is 5.18. The molecule has 1 fully saturated rings. The van der Waals surface area contributed by atoms with Crippen molar-refractivity contribution in [2.75, 3.05) is 36.9 Å². The highest BCUT2D eigenvalue weighted by atomic mass is 16.6. The number of hydrogen-bond acceptors (Lipinski definition) is 9. The summed E-state index contributed by atoms with van der Waals surface area (Å²) in [6.45, 7) is 6.47. The molecule has 3 rings (SSSR count). The van der Waals surface area contributed by atoms with Gasteiger partial charge in [-0.3, -0.25) is 19.8 Å². The first-order chi connectivity index (χ1) is 14.9. The van der Waals surface area contributed by atoms with E-state index in [1.807, 2.05) is 24.3 Å². The molecule has 0 amide bonds. The lowest BCUT2D eigenvalue weighted by Crippen LogP contribution is -2.33. The van der Waals surface area contributed by atoms with Crippen LogP contribution >= 0.6 is 0 Å². The molecule has 0 unspecified atom stereocenters. The Morgan fingerprint density at radius 1 is 1.26 bits per heavy atom. The van der Waals surface area contributed by atoms with E-state index >= 15 is 0 Å². The predicted octanol–water partition coefficient (Wildman–Crippen LogP) is 2.44. The molecule has 0 saturated carbocycles. The summed E-state index contributed by atoms with van der Waals surface area (Å²) in [5, 5.41) is 11.7. The maximum Gasteiger partial charge on any atom is 0.353 e. The minimum absolute atomic E-state index is 0.0130. The number of aryl methyl sites for hydroxylation is 1. The Labute approximate surface area is 181 Å². The standard InChI is InChI=1S/C21H28N6O4/c1-3-31-18(28)14-26(21-19(27(29)30)20(22)23-15(2)24-21)13-17-9-5-4-8-16(17)12-25-10-6-7-11-25/h4-5,8-9H,3,6-7,10-14H2,1-2H3,(H2,22,23,24). The van der Waals surface area contributed by atoms with E-state index in [-0.39, 0.29) is 37.2 Å². The van der Waals surface area contributed by atoms with Crippen molar-refractivity contribution >= 4 is 23.3 Å². The van der Waals surface area contributed by atoms with E-state index in [4.69, 9.17) is 10.5 Å². The molecule has 10 heteroatoms. The van der Waals surface area contributed by atoms with Gasteiger partial charge in [0.25, 0.3) is 0 Å². The van der Waals surface area contributed by atoms with Crippen LogP contribution in [-0.4, -0.2) is 52.0 Å². The van der Waals surface area contributed by atoms with Crippen LogP contribution in [0.2, 0.25) is 0 Å². The smallest absolute Gasteiger partial charge is 0.353 e. The van der Waals surface area contributed by atoms with Crippen LogP contribution in [0.15, 0.2) is 24.3 Å². The fourth-order valence-corrected chi connectivity index (χ4v) is 3.79. The van der Waals surface area contributed by atoms with Crippen molar-refractivity contribution in [3.05, 3.63) is 51.3 Å². The van der Waals surface area contributed by atoms with E-state index < -0.39 is 16.6 Å². The van der Waals surface area contributed by atoms with Crippen LogP contribution in [0, 0.1) is 17.0 Å². The summed E-state index contributed by atoms with van der Waals surface area (Å²) in [5.74, 6) is -0.424. The number of anilines is 2. The number of nitro groups is 1. The largest absolute Gasteiger partial charge is 0.465 e. The third-order valence-electron chi connectivity index (χ3n) is 5.18. The van der Waals surface area contributed by atoms with Gasteiger partial charge >= 0.3 is 11.7 Å². The summed E-state index contributed by atoms with van der Waals surface area (Å²) in [6, 6.07) is 7.90. The molecule has 2 aromatic rings. The number of aromatic nitrogens is 2. The molecule has 0 bridgehead atoms. The summed E-state index contributed by atoms with van der Waals surface area (Å²) in [5.41, 5.74) is 7.50. The Morgan fingerprint density at radius 3 is 2.58 bits per heavy atom. The Bertz CT molecular complexity index is 945. The Balaban J connectivity index is 1.98. The first kappa shape index (κ1) is 22.4. The molecule has 1 saturated heterocycles. The minimum Gasteiger partial charge on any atom is -0.465 e. The number of rotatable bonds is 9. The molecule has 1 aliphatic rings. The number of likely N-dealkylation sites (tertiary alicyclic amines) is 1. The molecule has 1 aromatic carbocycles. The number of nitrogens with two attached hydrogens (primary N) is 1. The first-order valence-electron chi connectivity index (χ1n) is 10.4. The SMILES string of the molecule is CCOC(=O)CN(Cc1ccccc1CN1CCCC1)c1nc(C)nc(N)c1[N+](=O)[O-]. The van der Waals surface area contributed by atoms with Gasteiger partial charge < -0.3 is 15.4 Å². The highest BCUT2D eigenvalue weighted by Gasteiger charge is 2.29. The molecule has 0 spiro atoms. The Morgan fingerprint density at radius 2 is 1.94 bits per heavy atom. The van der Waals surface area contributed by atoms with Gasteiger partial charge in [-0.05, 0) is 50.9 Å². The maximum atomic E-state index is 12.3. The lowest BCUT2D eigenvalue weighted by molar-refractivity contribution is -0.383. The van der Waals surface area contributed by atoms with Gasteiger partial charge in [-0.25, -0.2) is 9.97 Å². The van der Waals surface area contributed by atoms with Crippen LogP contribution in [0.1, 0.15) is 36.7 Å². The average molecular weight is 428 g/mol. The second kappa shape index (κ2) is 10.2. The molecule has 0 radical (unpaired) electrons. The van der Waals surface area contributed by atoms with Crippen molar-refractivity contribution in [1.82, 2.24) is 14.9 Å². The van der Waals surface area contributed by atoms with Crippen molar-refractivity contribution in [2.45, 2.75) is 39.8 Å². The number of esters is 1. The average Bonchev–Trinajstić information content (AvgIpc) is 3.21. The number of nitrogens with zero attached hydrogens (tertiary/aromatic N) is 5. The highest BCUT2D eigenvalue weighted by Crippen LogP contribution is 2.32. The number of nitrogen functional groups attached to an aromatic ring is 1. The van der Waals surface area contributed by atoms with E-state index in [1.165, 1.54) is 12.8 Å². The van der Waals surface area contributed by atoms with Crippen molar-refractivity contribution in [1.29, 1.82) is 0 Å². The zero-order valence-electron chi connectivity index (χ0n) is 17.9. The van der Waals surface area contributed by atoms with E-state index in [0.717, 1.165) is 30.8 Å². The summed E-state index contributed by atoms with van der Waals surface area (Å²) < 4.78 is 5.10. The first-order valence-corrected chi connectivity index (χ1v) is 10.4. The number of carbonyl (C=O) groups is 1. The van der Waals surface area contributed by atoms with Crippen molar-refractivity contribution < 1.29 is 14.5 Å². The predicted molar refractivity (Wildman–Crippen MR) is 116 cm³/mol. The van der Waals surface area contributed by atoms with Gasteiger partial charge in [0, 0.05) is 13.1 Å². The Hall–Kier alpha value is -3.27. The number of benzene rings is 1. The van der Waals surface area contributed by atoms with Gasteiger partial charge in [-0.15, -0.1) is 0 Å². The molecule has 166 valence electrons. The molecule has 1 aromatic heterocycles. The second-order valence-electron chi connectivity index (χ2n) is 7.50. The molecule has 2 N–H and O–H groups in total. The minimum atomic E-state index is -0.613. The van der Waals surface area contributed by atoms with Crippen molar-refractivity contribution in [3.8, 4) is 0 Å². The summed E-state index contributed by atoms with van der Waals surface area (Å²) in [6.07, 6.45) is 2.37. The molecule has 1 aliphatic heterocycles. The fourth-order valence-electron chi connectivity index (χ4n) is 3.79. The number of carbonyl (C=O) groups excluding carboxylic acids is 1. The van der Waals surface area contributed by atoms with Gasteiger partial charge in [-0.2, -0.15) is 0 Å². The molecule has 2 heterocycles. The van der Waals surface area contributed by atoms with Crippen LogP contribution < -0.4 is 10.6 Å². The van der Waals surface area contributed by atoms with Crippen molar-refractivity contribution in [3.63, 3.8) is 0 Å². The van der Waals surface area contributed by atoms with Crippen molar-refractivity contribution in [2.24, 2.45) is 0 Å². The summed E-state index contributed by atoms with van der Waals surface area (Å²) >= 11 is 0. The lowest BCUT2D eigenvalue weighted by atomic mass is 10.1. The molecule has 0 aliphatic carbocycles. The third kappa shape index (κ3) is 5.66. The summed E-state index contributed by atoms with van der Waals surface area (Å²) in [7, 11) is 0. The number of hydrogen-bond donors (Lipinski definition) is 1. The normalized spacial score (nSPS) is 13.9. The van der Waals surface area contributed by atoms with Gasteiger partial charge in [0.05, 0.1) is 11.5 Å². The van der Waals surface area contributed by atoms with Crippen LogP contribution in [0.5, 0.6) is 0 Å². The quantitative estimate of drug-likeness (QED) is 0.364. The molecule has 10 nitrogen and oxygen atoms in total. The van der Waals surface area contributed by atoms with E-state index in [9.17, 15) is 14.9 Å². The number of ether oxygens (including phenoxy) is 1. The van der Waals surface area contributed by atoms with Crippen LogP contribution in [0.3, 0.4) is 0 Å². The van der Waals surface area contributed by atoms with Gasteiger partial charge in [0.15, 0.2) is 0 Å². The Kier molecular flexibility index (Phi) is 7.35. The van der Waals surface area contributed by atoms with Gasteiger partial charge in [0.1, 0.15) is 12.4 Å². The van der Waals surface area contributed by atoms with Gasteiger partial charge in [-0.1, -0.05) is 24.3 Å². The topological polar surface area (TPSA) is 128 Å². The monoisotopic (exact) mass is 428 g/mol. The fraction of sp³-hybridized carbons (Fsp3) is 0.476. The molecular formula is C21H28N6O4. The highest BCUT2D eigenvalue weighted by molar-refractivity contribution is 5.78. The zero-order valence-corrected chi connectivity index (χ0v) is 17.9. The van der Waals surface area contributed by atoms with Crippen LogP contribution in [0.25, 0.3) is 0 Å². The zero-order chi connectivity index (χ0) is 22.4. The molecule has 31 heavy (non-hydrogen) atoms. The van der Waals surface area contributed by atoms with Gasteiger partial charge in [0.2, 0.25) is 11.6 Å². The molecular weight excluding hydrogens is 400 g/mol. The molecule has 0 atom stereocenters. The lowest BCUT2D eigenvalue weighted by Gasteiger charge is -2.25.